The van der Waals surface area contributed by atoms with Gasteiger partial charge in [-0.3, -0.25) is 0 Å². The third kappa shape index (κ3) is 3.55. The summed E-state index contributed by atoms with van der Waals surface area (Å²) >= 11 is 7.41. The van der Waals surface area contributed by atoms with E-state index in [1.807, 2.05) is 37.3 Å². The third-order valence-electron chi connectivity index (χ3n) is 2.44. The Bertz CT molecular complexity index is 521. The van der Waals surface area contributed by atoms with Crippen molar-refractivity contribution in [1.82, 2.24) is 10.2 Å². The van der Waals surface area contributed by atoms with Gasteiger partial charge in [0.2, 0.25) is 5.13 Å². The minimum Gasteiger partial charge on any atom is -0.354 e. The molecule has 1 aromatic heterocycles. The van der Waals surface area contributed by atoms with Crippen LogP contribution in [0.5, 0.6) is 0 Å². The van der Waals surface area contributed by atoms with Crippen LogP contribution in [0.4, 0.5) is 5.13 Å². The number of nitrogens with zero attached hydrogens (tertiary/aromatic N) is 2. The Hall–Kier alpha value is -1.39. The molecule has 1 aromatic carbocycles. The second-order valence-corrected chi connectivity index (χ2v) is 5.47. The van der Waals surface area contributed by atoms with E-state index in [2.05, 4.69) is 22.1 Å². The molecule has 1 N–H and O–H groups in total. The van der Waals surface area contributed by atoms with Crippen LogP contribution in [0, 0.1) is 0 Å². The van der Waals surface area contributed by atoms with Gasteiger partial charge in [-0.1, -0.05) is 41.1 Å². The van der Waals surface area contributed by atoms with Crippen molar-refractivity contribution in [2.45, 2.75) is 19.4 Å². The smallest absolute Gasteiger partial charge is 0.206 e. The Kier molecular flexibility index (Phi) is 4.33. The summed E-state index contributed by atoms with van der Waals surface area (Å²) in [4.78, 5) is 0. The van der Waals surface area contributed by atoms with Crippen LogP contribution in [0.1, 0.15) is 17.5 Å². The summed E-state index contributed by atoms with van der Waals surface area (Å²) in [5, 5.41) is 14.0. The Labute approximate surface area is 116 Å². The number of aromatic nitrogens is 2. The fourth-order valence-corrected chi connectivity index (χ4v) is 2.41. The maximum absolute atomic E-state index is 5.85. The minimum absolute atomic E-state index is 0.196. The average Bonchev–Trinajstić information content (AvgIpc) is 2.79. The second-order valence-electron chi connectivity index (χ2n) is 3.97. The summed E-state index contributed by atoms with van der Waals surface area (Å²) < 4.78 is 0. The Morgan fingerprint density at radius 2 is 2.11 bits per heavy atom. The van der Waals surface area contributed by atoms with Gasteiger partial charge in [0.05, 0.1) is 0 Å². The monoisotopic (exact) mass is 279 g/mol. The van der Waals surface area contributed by atoms with Crippen LogP contribution in [0.25, 0.3) is 0 Å². The van der Waals surface area contributed by atoms with Gasteiger partial charge in [0.1, 0.15) is 5.01 Å². The average molecular weight is 280 g/mol. The summed E-state index contributed by atoms with van der Waals surface area (Å²) in [7, 11) is 0. The molecule has 2 rings (SSSR count). The molecule has 0 bridgehead atoms. The number of halogens is 1. The van der Waals surface area contributed by atoms with Crippen molar-refractivity contribution < 1.29 is 0 Å². The zero-order chi connectivity index (χ0) is 13.0. The van der Waals surface area contributed by atoms with E-state index in [1.165, 1.54) is 5.56 Å². The van der Waals surface area contributed by atoms with Crippen molar-refractivity contribution in [3.8, 4) is 0 Å². The standard InChI is InChI=1S/C13H14ClN3S/c1-3-9(2)15-13-17-16-12(18-13)8-10-4-6-11(14)7-5-10/h3-7,9H,1,8H2,2H3,(H,15,17). The number of hydrogen-bond acceptors (Lipinski definition) is 4. The van der Waals surface area contributed by atoms with Gasteiger partial charge in [-0.05, 0) is 24.6 Å². The lowest BCUT2D eigenvalue weighted by molar-refractivity contribution is 0.955. The summed E-state index contributed by atoms with van der Waals surface area (Å²) in [5.74, 6) is 0. The number of nitrogens with one attached hydrogen (secondary N) is 1. The molecule has 0 aliphatic rings. The van der Waals surface area contributed by atoms with Crippen molar-refractivity contribution in [3.05, 3.63) is 52.5 Å². The summed E-state index contributed by atoms with van der Waals surface area (Å²) in [5.41, 5.74) is 1.18. The number of hydrogen-bond donors (Lipinski definition) is 1. The predicted molar refractivity (Wildman–Crippen MR) is 77.4 cm³/mol. The topological polar surface area (TPSA) is 37.8 Å². The molecule has 0 fully saturated rings. The molecule has 0 aliphatic heterocycles. The first-order valence-corrected chi connectivity index (χ1v) is 6.82. The maximum Gasteiger partial charge on any atom is 0.206 e. The van der Waals surface area contributed by atoms with Crippen LogP contribution in [-0.4, -0.2) is 16.2 Å². The van der Waals surface area contributed by atoms with Gasteiger partial charge in [-0.2, -0.15) is 0 Å². The highest BCUT2D eigenvalue weighted by Gasteiger charge is 2.06. The lowest BCUT2D eigenvalue weighted by Crippen LogP contribution is -2.10. The van der Waals surface area contributed by atoms with Crippen LogP contribution in [-0.2, 0) is 6.42 Å². The van der Waals surface area contributed by atoms with Gasteiger partial charge >= 0.3 is 0 Å². The fraction of sp³-hybridized carbons (Fsp3) is 0.231. The van der Waals surface area contributed by atoms with Crippen molar-refractivity contribution in [2.24, 2.45) is 0 Å². The minimum atomic E-state index is 0.196. The molecule has 3 nitrogen and oxygen atoms in total. The largest absolute Gasteiger partial charge is 0.354 e. The highest BCUT2D eigenvalue weighted by molar-refractivity contribution is 7.15. The molecule has 94 valence electrons. The molecule has 1 atom stereocenters. The lowest BCUT2D eigenvalue weighted by Gasteiger charge is -2.04. The van der Waals surface area contributed by atoms with Gasteiger partial charge in [-0.15, -0.1) is 16.8 Å². The maximum atomic E-state index is 5.85. The first kappa shape index (κ1) is 13.1. The van der Waals surface area contributed by atoms with E-state index in [0.29, 0.717) is 0 Å². The molecule has 1 unspecified atom stereocenters. The summed E-state index contributed by atoms with van der Waals surface area (Å²) in [6, 6.07) is 7.97. The predicted octanol–water partition coefficient (Wildman–Crippen LogP) is 3.77. The Morgan fingerprint density at radius 3 is 2.78 bits per heavy atom. The van der Waals surface area contributed by atoms with Crippen LogP contribution >= 0.6 is 22.9 Å². The zero-order valence-corrected chi connectivity index (χ0v) is 11.6. The number of benzene rings is 1. The molecular weight excluding hydrogens is 266 g/mol. The van der Waals surface area contributed by atoms with Crippen molar-refractivity contribution in [1.29, 1.82) is 0 Å². The molecule has 0 radical (unpaired) electrons. The Morgan fingerprint density at radius 1 is 1.39 bits per heavy atom. The highest BCUT2D eigenvalue weighted by Crippen LogP contribution is 2.20. The van der Waals surface area contributed by atoms with Crippen molar-refractivity contribution in [2.75, 3.05) is 5.32 Å². The van der Waals surface area contributed by atoms with E-state index in [1.54, 1.807) is 11.3 Å². The van der Waals surface area contributed by atoms with Gasteiger partial charge in [0.15, 0.2) is 0 Å². The first-order chi connectivity index (χ1) is 8.67. The van der Waals surface area contributed by atoms with E-state index in [4.69, 9.17) is 11.6 Å². The van der Waals surface area contributed by atoms with Gasteiger partial charge in [0, 0.05) is 17.5 Å². The fourth-order valence-electron chi connectivity index (χ4n) is 1.41. The van der Waals surface area contributed by atoms with Crippen molar-refractivity contribution in [3.63, 3.8) is 0 Å². The normalized spacial score (nSPS) is 12.1. The molecule has 1 heterocycles. The second kappa shape index (κ2) is 5.98. The van der Waals surface area contributed by atoms with E-state index < -0.39 is 0 Å². The summed E-state index contributed by atoms with van der Waals surface area (Å²) in [6.07, 6.45) is 2.61. The quantitative estimate of drug-likeness (QED) is 0.847. The van der Waals surface area contributed by atoms with E-state index in [-0.39, 0.29) is 6.04 Å². The van der Waals surface area contributed by atoms with Crippen LogP contribution in [0.2, 0.25) is 5.02 Å². The van der Waals surface area contributed by atoms with Crippen molar-refractivity contribution >= 4 is 28.1 Å². The molecular formula is C13H14ClN3S. The van der Waals surface area contributed by atoms with E-state index >= 15 is 0 Å². The molecule has 0 spiro atoms. The third-order valence-corrected chi connectivity index (χ3v) is 3.55. The van der Waals surface area contributed by atoms with Gasteiger partial charge in [0.25, 0.3) is 0 Å². The van der Waals surface area contributed by atoms with Crippen LogP contribution in [0.3, 0.4) is 0 Å². The molecule has 18 heavy (non-hydrogen) atoms. The number of rotatable bonds is 5. The van der Waals surface area contributed by atoms with Gasteiger partial charge in [-0.25, -0.2) is 0 Å². The van der Waals surface area contributed by atoms with E-state index in [0.717, 1.165) is 21.6 Å². The van der Waals surface area contributed by atoms with E-state index in [9.17, 15) is 0 Å². The zero-order valence-electron chi connectivity index (χ0n) is 10.1. The number of anilines is 1. The molecule has 5 heteroatoms. The highest BCUT2D eigenvalue weighted by atomic mass is 35.5. The molecule has 0 saturated carbocycles. The summed E-state index contributed by atoms with van der Waals surface area (Å²) in [6.45, 7) is 5.74. The molecule has 0 amide bonds. The first-order valence-electron chi connectivity index (χ1n) is 5.63. The van der Waals surface area contributed by atoms with Gasteiger partial charge < -0.3 is 5.32 Å². The lowest BCUT2D eigenvalue weighted by atomic mass is 10.2. The molecule has 0 saturated heterocycles. The van der Waals surface area contributed by atoms with Crippen LogP contribution in [0.15, 0.2) is 36.9 Å². The Balaban J connectivity index is 2.02. The molecule has 0 aliphatic carbocycles. The molecule has 2 aromatic rings. The SMILES string of the molecule is C=CC(C)Nc1nnc(Cc2ccc(Cl)cc2)s1. The van der Waals surface area contributed by atoms with Crippen LogP contribution < -0.4 is 5.32 Å².